The van der Waals surface area contributed by atoms with Gasteiger partial charge in [0.2, 0.25) is 0 Å². The second-order valence-corrected chi connectivity index (χ2v) is 12.0. The molecule has 0 saturated heterocycles. The zero-order valence-corrected chi connectivity index (χ0v) is 26.1. The van der Waals surface area contributed by atoms with E-state index in [4.69, 9.17) is 4.74 Å². The number of ether oxygens (including phenoxy) is 1. The third kappa shape index (κ3) is 7.21. The van der Waals surface area contributed by atoms with Crippen LogP contribution in [-0.4, -0.2) is 25.7 Å². The average Bonchev–Trinajstić information content (AvgIpc) is 3.04. The highest BCUT2D eigenvalue weighted by Crippen LogP contribution is 2.35. The quantitative estimate of drug-likeness (QED) is 0.154. The molecule has 2 amide bonds. The van der Waals surface area contributed by atoms with E-state index in [1.807, 2.05) is 81.4 Å². The Balaban J connectivity index is 1.60. The number of rotatable bonds is 10. The van der Waals surface area contributed by atoms with Gasteiger partial charge in [-0.1, -0.05) is 64.4 Å². The molecular weight excluding hydrogens is 566 g/mol. The molecule has 0 aliphatic rings. The number of fused-ring (bicyclic) bond motifs is 1. The van der Waals surface area contributed by atoms with Gasteiger partial charge in [-0.3, -0.25) is 14.3 Å². The van der Waals surface area contributed by atoms with Gasteiger partial charge in [0.05, 0.1) is 6.61 Å². The fraction of sp³-hybridized carbons (Fsp3) is 0.278. The number of nitrogens with one attached hydrogen (secondary N) is 2. The number of aliphatic hydroxyl groups is 1. The van der Waals surface area contributed by atoms with Gasteiger partial charge in [0.25, 0.3) is 5.56 Å². The van der Waals surface area contributed by atoms with Crippen molar-refractivity contribution in [2.24, 2.45) is 0 Å². The molecule has 0 aliphatic heterocycles. The fourth-order valence-electron chi connectivity index (χ4n) is 5.33. The van der Waals surface area contributed by atoms with Crippen LogP contribution in [-0.2, 0) is 25.2 Å². The van der Waals surface area contributed by atoms with Gasteiger partial charge in [-0.15, -0.1) is 0 Å². The Hall–Kier alpha value is -5.02. The normalized spacial score (nSPS) is 11.4. The van der Waals surface area contributed by atoms with E-state index in [0.29, 0.717) is 46.9 Å². The van der Waals surface area contributed by atoms with Gasteiger partial charge < -0.3 is 20.5 Å². The van der Waals surface area contributed by atoms with Crippen LogP contribution in [0.2, 0.25) is 0 Å². The van der Waals surface area contributed by atoms with Crippen LogP contribution in [0.4, 0.5) is 16.2 Å². The maximum atomic E-state index is 14.2. The monoisotopic (exact) mass is 605 g/mol. The average molecular weight is 606 g/mol. The van der Waals surface area contributed by atoms with Gasteiger partial charge in [0, 0.05) is 47.3 Å². The summed E-state index contributed by atoms with van der Waals surface area (Å²) in [5.74, 6) is 0.606. The molecule has 45 heavy (non-hydrogen) atoms. The maximum Gasteiger partial charge on any atom is 0.323 e. The van der Waals surface area contributed by atoms with E-state index in [1.165, 1.54) is 0 Å². The van der Waals surface area contributed by atoms with Crippen LogP contribution >= 0.6 is 0 Å². The Morgan fingerprint density at radius 2 is 1.80 bits per heavy atom. The molecule has 0 aliphatic carbocycles. The number of pyridine rings is 3. The predicted molar refractivity (Wildman–Crippen MR) is 179 cm³/mol. The van der Waals surface area contributed by atoms with Crippen LogP contribution in [0.1, 0.15) is 57.2 Å². The van der Waals surface area contributed by atoms with E-state index in [-0.39, 0.29) is 23.3 Å². The van der Waals surface area contributed by atoms with Crippen molar-refractivity contribution >= 4 is 28.4 Å². The third-order valence-electron chi connectivity index (χ3n) is 7.57. The number of urea groups is 1. The van der Waals surface area contributed by atoms with Crippen LogP contribution in [0.25, 0.3) is 22.2 Å². The van der Waals surface area contributed by atoms with Crippen LogP contribution in [0.3, 0.4) is 0 Å². The zero-order valence-electron chi connectivity index (χ0n) is 26.1. The van der Waals surface area contributed by atoms with Crippen molar-refractivity contribution in [3.05, 3.63) is 112 Å². The lowest BCUT2D eigenvalue weighted by Crippen LogP contribution is -2.30. The minimum Gasteiger partial charge on any atom is -0.489 e. The first-order chi connectivity index (χ1) is 21.7. The third-order valence-corrected chi connectivity index (χ3v) is 7.57. The number of benzene rings is 2. The van der Waals surface area contributed by atoms with Crippen molar-refractivity contribution in [3.8, 4) is 16.9 Å². The molecule has 2 aromatic carbocycles. The maximum absolute atomic E-state index is 14.2. The summed E-state index contributed by atoms with van der Waals surface area (Å²) in [6, 6.07) is 19.9. The molecule has 9 nitrogen and oxygen atoms in total. The topological polar surface area (TPSA) is 118 Å². The van der Waals surface area contributed by atoms with Gasteiger partial charge in [-0.05, 0) is 64.9 Å². The number of carbonyl (C=O) groups is 1. The number of aryl methyl sites for hydroxylation is 1. The van der Waals surface area contributed by atoms with E-state index in [9.17, 15) is 14.7 Å². The number of nitrogens with zero attached hydrogens (tertiary/aromatic N) is 3. The molecule has 5 aromatic rings. The number of anilines is 2. The summed E-state index contributed by atoms with van der Waals surface area (Å²) in [5.41, 5.74) is 4.37. The number of hydrogen-bond acceptors (Lipinski definition) is 6. The molecule has 3 N–H and O–H groups in total. The van der Waals surface area contributed by atoms with Gasteiger partial charge in [-0.25, -0.2) is 9.78 Å². The lowest BCUT2D eigenvalue weighted by Gasteiger charge is -2.24. The molecule has 232 valence electrons. The van der Waals surface area contributed by atoms with E-state index in [0.717, 1.165) is 29.4 Å². The second kappa shape index (κ2) is 13.7. The second-order valence-electron chi connectivity index (χ2n) is 12.0. The molecule has 0 unspecified atom stereocenters. The van der Waals surface area contributed by atoms with E-state index in [2.05, 4.69) is 27.5 Å². The van der Waals surface area contributed by atoms with Gasteiger partial charge in [-0.2, -0.15) is 0 Å². The summed E-state index contributed by atoms with van der Waals surface area (Å²) in [7, 11) is 0. The molecule has 0 bridgehead atoms. The smallest absolute Gasteiger partial charge is 0.323 e. The van der Waals surface area contributed by atoms with Gasteiger partial charge in [0.1, 0.15) is 23.7 Å². The zero-order chi connectivity index (χ0) is 32.0. The Labute approximate surface area is 262 Å². The molecule has 5 rings (SSSR count). The van der Waals surface area contributed by atoms with Crippen LogP contribution in [0.15, 0.2) is 90.1 Å². The van der Waals surface area contributed by atoms with E-state index >= 15 is 0 Å². The van der Waals surface area contributed by atoms with Crippen molar-refractivity contribution in [2.75, 3.05) is 10.6 Å². The van der Waals surface area contributed by atoms with Crippen molar-refractivity contribution in [3.63, 3.8) is 0 Å². The molecule has 3 aromatic heterocycles. The highest BCUT2D eigenvalue weighted by molar-refractivity contribution is 6.07. The lowest BCUT2D eigenvalue weighted by atomic mass is 9.85. The molecule has 0 radical (unpaired) electrons. The molecule has 0 fully saturated rings. The standard InChI is InChI=1S/C36H39N5O4/c1-5-6-18-41-33-28(13-9-17-38-33)31(26-11-7-12-27(20-26)45-23-25-10-8-16-37-21-25)32(34(41)43)40-35(44)39-30-19-24(22-42)14-15-29(30)36(2,3)4/h7-17,19-21,42H,5-6,18,22-23H2,1-4H3,(H2,39,40,44). The summed E-state index contributed by atoms with van der Waals surface area (Å²) in [6.45, 7) is 8.83. The Kier molecular flexibility index (Phi) is 9.59. The lowest BCUT2D eigenvalue weighted by molar-refractivity contribution is 0.262. The summed E-state index contributed by atoms with van der Waals surface area (Å²) in [4.78, 5) is 36.7. The Morgan fingerprint density at radius 3 is 2.53 bits per heavy atom. The Morgan fingerprint density at radius 1 is 0.978 bits per heavy atom. The van der Waals surface area contributed by atoms with E-state index < -0.39 is 6.03 Å². The van der Waals surface area contributed by atoms with Crippen molar-refractivity contribution in [1.29, 1.82) is 0 Å². The minimum atomic E-state index is -0.566. The SMILES string of the molecule is CCCCn1c(=O)c(NC(=O)Nc2cc(CO)ccc2C(C)(C)C)c(-c2cccc(OCc3cccnc3)c2)c2cccnc21. The number of aromatic nitrogens is 3. The highest BCUT2D eigenvalue weighted by atomic mass is 16.5. The Bertz CT molecular complexity index is 1860. The number of carbonyl (C=O) groups excluding carboxylic acids is 1. The largest absolute Gasteiger partial charge is 0.489 e. The minimum absolute atomic E-state index is 0.143. The predicted octanol–water partition coefficient (Wildman–Crippen LogP) is 7.27. The van der Waals surface area contributed by atoms with Crippen LogP contribution in [0.5, 0.6) is 5.75 Å². The van der Waals surface area contributed by atoms with E-state index in [1.54, 1.807) is 29.2 Å². The first-order valence-electron chi connectivity index (χ1n) is 15.2. The molecule has 0 spiro atoms. The van der Waals surface area contributed by atoms with Crippen molar-refractivity contribution in [1.82, 2.24) is 14.5 Å². The van der Waals surface area contributed by atoms with Gasteiger partial charge >= 0.3 is 6.03 Å². The summed E-state index contributed by atoms with van der Waals surface area (Å²) in [5, 5.41) is 16.3. The summed E-state index contributed by atoms with van der Waals surface area (Å²) in [6.07, 6.45) is 6.80. The molecular formula is C36H39N5O4. The molecule has 0 atom stereocenters. The van der Waals surface area contributed by atoms with Crippen molar-refractivity contribution < 1.29 is 14.6 Å². The fourth-order valence-corrected chi connectivity index (χ4v) is 5.33. The van der Waals surface area contributed by atoms with Crippen LogP contribution < -0.4 is 20.9 Å². The highest BCUT2D eigenvalue weighted by Gasteiger charge is 2.23. The number of hydrogen-bond donors (Lipinski definition) is 3. The number of unbranched alkanes of at least 4 members (excludes halogenated alkanes) is 1. The number of aliphatic hydroxyl groups excluding tert-OH is 1. The van der Waals surface area contributed by atoms with Crippen molar-refractivity contribution in [2.45, 2.75) is 65.7 Å². The first-order valence-corrected chi connectivity index (χ1v) is 15.2. The summed E-state index contributed by atoms with van der Waals surface area (Å²) >= 11 is 0. The number of amides is 2. The van der Waals surface area contributed by atoms with Crippen LogP contribution in [0, 0.1) is 0 Å². The molecule has 3 heterocycles. The summed E-state index contributed by atoms with van der Waals surface area (Å²) < 4.78 is 7.71. The molecule has 0 saturated carbocycles. The molecule has 9 heteroatoms. The van der Waals surface area contributed by atoms with Gasteiger partial charge in [0.15, 0.2) is 0 Å². The first kappa shape index (κ1) is 31.4.